The molecule has 0 fully saturated rings. The third kappa shape index (κ3) is 50.1. The smallest absolute Gasteiger partial charge is 0.217 e. The highest BCUT2D eigenvalue weighted by atomic mass is 35.6. The van der Waals surface area contributed by atoms with E-state index in [0.29, 0.717) is 0 Å². The molecule has 0 aliphatic rings. The first-order valence-electron chi connectivity index (χ1n) is 12.9. The first kappa shape index (κ1) is 44.7. The summed E-state index contributed by atoms with van der Waals surface area (Å²) < 4.78 is 16.4. The lowest BCUT2D eigenvalue weighted by Gasteiger charge is -2.27. The maximum absolute atomic E-state index is 5.90. The molecule has 1 rings (SSSR count). The van der Waals surface area contributed by atoms with Crippen LogP contribution < -0.4 is 5.19 Å². The van der Waals surface area contributed by atoms with E-state index in [0.717, 1.165) is 0 Å². The van der Waals surface area contributed by atoms with Gasteiger partial charge in [-0.3, -0.25) is 0 Å². The number of hydrogen-bond acceptors (Lipinski definition) is 3. The van der Waals surface area contributed by atoms with Gasteiger partial charge in [0.2, 0.25) is 8.32 Å². The monoisotopic (exact) mass is 660 g/mol. The van der Waals surface area contributed by atoms with Crippen LogP contribution >= 0.6 is 22.2 Å². The fraction of sp³-hybridized carbons (Fsp3) is 0.692. The Labute approximate surface area is 248 Å². The van der Waals surface area contributed by atoms with Crippen molar-refractivity contribution in [2.75, 3.05) is 14.2 Å². The van der Waals surface area contributed by atoms with Crippen LogP contribution in [0, 0.1) is 0 Å². The Morgan fingerprint density at radius 3 is 1.00 bits per heavy atom. The summed E-state index contributed by atoms with van der Waals surface area (Å²) in [5.41, 5.74) is 1.84. The summed E-state index contributed by atoms with van der Waals surface area (Å²) in [4.78, 5) is 0. The Hall–Kier alpha value is 0.721. The molecule has 0 N–H and O–H groups in total. The molecule has 0 heterocycles. The van der Waals surface area contributed by atoms with Crippen LogP contribution in [-0.2, 0) is 13.0 Å². The van der Waals surface area contributed by atoms with Crippen LogP contribution in [0.5, 0.6) is 0 Å². The largest absolute Gasteiger partial charge is 0.456 e. The molecular formula is C26H62Cl2O3Si6. The van der Waals surface area contributed by atoms with Gasteiger partial charge in [0.1, 0.15) is 7.38 Å². The minimum absolute atomic E-state index is 1.13. The molecule has 3 nitrogen and oxygen atoms in total. The molecule has 0 saturated heterocycles. The molecule has 0 aliphatic carbocycles. The van der Waals surface area contributed by atoms with Gasteiger partial charge in [-0.1, -0.05) is 68.8 Å². The van der Waals surface area contributed by atoms with Crippen LogP contribution in [-0.4, -0.2) is 62.3 Å². The van der Waals surface area contributed by atoms with Gasteiger partial charge in [-0.2, -0.15) is 22.2 Å². The van der Waals surface area contributed by atoms with Crippen LogP contribution in [0.2, 0.25) is 105 Å². The van der Waals surface area contributed by atoms with Crippen molar-refractivity contribution in [1.29, 1.82) is 0 Å². The van der Waals surface area contributed by atoms with Crippen molar-refractivity contribution in [3.8, 4) is 0 Å². The lowest BCUT2D eigenvalue weighted by molar-refractivity contribution is 0.411. The highest BCUT2D eigenvalue weighted by Gasteiger charge is 2.24. The molecule has 0 radical (unpaired) electrons. The first-order chi connectivity index (χ1) is 16.0. The third-order valence-electron chi connectivity index (χ3n) is 3.69. The SMILES string of the molecule is C=C[Si](C)(C)Cl.CO[Si](C)(C)C.CO[Si](C)(C)c1ccccc1.C[Si](C)(C)Cl.C[Si](C)(C)O[Si](C)(C)C. The van der Waals surface area contributed by atoms with Gasteiger partial charge in [0.05, 0.1) is 0 Å². The van der Waals surface area contributed by atoms with E-state index >= 15 is 0 Å². The summed E-state index contributed by atoms with van der Waals surface area (Å²) in [6, 6.07) is 10.4. The molecule has 0 amide bonds. The second-order valence-electron chi connectivity index (χ2n) is 13.6. The van der Waals surface area contributed by atoms with Gasteiger partial charge in [0.15, 0.2) is 32.3 Å². The van der Waals surface area contributed by atoms with Crippen molar-refractivity contribution in [3.05, 3.63) is 42.6 Å². The quantitative estimate of drug-likeness (QED) is 0.224. The molecule has 0 atom stereocenters. The number of benzene rings is 1. The maximum Gasteiger partial charge on any atom is 0.217 e. The Bertz CT molecular complexity index is 668. The number of rotatable bonds is 6. The van der Waals surface area contributed by atoms with Crippen molar-refractivity contribution in [2.45, 2.75) is 105 Å². The lowest BCUT2D eigenvalue weighted by atomic mass is 10.4. The van der Waals surface area contributed by atoms with Crippen LogP contribution in [0.1, 0.15) is 0 Å². The predicted molar refractivity (Wildman–Crippen MR) is 191 cm³/mol. The summed E-state index contributed by atoms with van der Waals surface area (Å²) in [6.45, 7) is 38.2. The van der Waals surface area contributed by atoms with Gasteiger partial charge in [0.25, 0.3) is 0 Å². The second-order valence-corrected chi connectivity index (χ2v) is 45.5. The summed E-state index contributed by atoms with van der Waals surface area (Å²) in [6.07, 6.45) is 0. The molecule has 1 aromatic rings. The minimum Gasteiger partial charge on any atom is -0.456 e. The van der Waals surface area contributed by atoms with E-state index in [9.17, 15) is 0 Å². The standard InChI is InChI=1S/C9H14OSi.C6H18OSi2.C4H9ClSi.C4H12OSi.C3H9ClSi/c1-10-11(2,3)9-7-5-4-6-8-9;1-8(2,3)7-9(4,5)6;1-4-6(2,3)5;1-5-6(2,3)4;1-5(2,3)4/h4-8H,1-3H3;1-6H3;4H,1H2,2-3H3;1-4H3;1-3H3. The molecule has 1 aromatic carbocycles. The van der Waals surface area contributed by atoms with Gasteiger partial charge < -0.3 is 13.0 Å². The van der Waals surface area contributed by atoms with Crippen LogP contribution in [0.15, 0.2) is 42.6 Å². The molecule has 37 heavy (non-hydrogen) atoms. The molecule has 222 valence electrons. The van der Waals surface area contributed by atoms with Crippen molar-refractivity contribution >= 4 is 75.4 Å². The fourth-order valence-corrected chi connectivity index (χ4v) is 10.5. The van der Waals surface area contributed by atoms with Crippen LogP contribution in [0.4, 0.5) is 0 Å². The van der Waals surface area contributed by atoms with Gasteiger partial charge in [0, 0.05) is 14.2 Å². The molecule has 11 heteroatoms. The zero-order valence-electron chi connectivity index (χ0n) is 27.7. The highest BCUT2D eigenvalue weighted by Crippen LogP contribution is 2.12. The topological polar surface area (TPSA) is 27.7 Å². The van der Waals surface area contributed by atoms with Crippen LogP contribution in [0.3, 0.4) is 0 Å². The summed E-state index contributed by atoms with van der Waals surface area (Å²) >= 11 is 11.4. The second kappa shape index (κ2) is 19.7. The number of halogens is 2. The summed E-state index contributed by atoms with van der Waals surface area (Å²) in [7, 11) is -4.12. The average Bonchev–Trinajstić information content (AvgIpc) is 2.65. The van der Waals surface area contributed by atoms with E-state index in [-0.39, 0.29) is 0 Å². The Morgan fingerprint density at radius 1 is 0.595 bits per heavy atom. The molecule has 0 unspecified atom stereocenters. The normalized spacial score (nSPS) is 12.2. The maximum atomic E-state index is 5.90. The van der Waals surface area contributed by atoms with E-state index in [4.69, 9.17) is 35.1 Å². The first-order valence-corrected chi connectivity index (χ1v) is 34.6. The minimum atomic E-state index is -1.55. The fourth-order valence-electron chi connectivity index (χ4n) is 1.88. The zero-order chi connectivity index (χ0) is 30.9. The van der Waals surface area contributed by atoms with Gasteiger partial charge in [-0.15, -0.1) is 6.58 Å². The Kier molecular flexibility index (Phi) is 23.9. The van der Waals surface area contributed by atoms with Crippen LogP contribution in [0.25, 0.3) is 0 Å². The van der Waals surface area contributed by atoms with Crippen molar-refractivity contribution in [2.24, 2.45) is 0 Å². The highest BCUT2D eigenvalue weighted by molar-refractivity contribution is 7.21. The summed E-state index contributed by atoms with van der Waals surface area (Å²) in [5.74, 6) is 0. The molecule has 0 spiro atoms. The van der Waals surface area contributed by atoms with Crippen molar-refractivity contribution in [1.82, 2.24) is 0 Å². The van der Waals surface area contributed by atoms with Gasteiger partial charge >= 0.3 is 0 Å². The van der Waals surface area contributed by atoms with Gasteiger partial charge in [-0.25, -0.2) is 0 Å². The molecule has 0 saturated carbocycles. The Morgan fingerprint density at radius 2 is 0.865 bits per heavy atom. The van der Waals surface area contributed by atoms with E-state index < -0.39 is 48.0 Å². The van der Waals surface area contributed by atoms with Crippen molar-refractivity contribution in [3.63, 3.8) is 0 Å². The van der Waals surface area contributed by atoms with E-state index in [2.05, 4.69) is 123 Å². The third-order valence-corrected chi connectivity index (χ3v) is 14.0. The number of hydrogen-bond donors (Lipinski definition) is 0. The summed E-state index contributed by atoms with van der Waals surface area (Å²) in [5, 5.41) is 1.35. The van der Waals surface area contributed by atoms with E-state index in [1.807, 2.05) is 24.9 Å². The molecule has 0 bridgehead atoms. The van der Waals surface area contributed by atoms with E-state index in [1.54, 1.807) is 14.2 Å². The molecule has 0 aromatic heterocycles. The lowest BCUT2D eigenvalue weighted by Crippen LogP contribution is -2.43. The average molecular weight is 662 g/mol. The molecule has 0 aliphatic heterocycles. The Balaban J connectivity index is -0.000000191. The predicted octanol–water partition coefficient (Wildman–Crippen LogP) is 10.1. The molecular weight excluding hydrogens is 600 g/mol. The zero-order valence-corrected chi connectivity index (χ0v) is 35.2. The van der Waals surface area contributed by atoms with Gasteiger partial charge in [-0.05, 0) is 77.2 Å². The van der Waals surface area contributed by atoms with Crippen molar-refractivity contribution < 1.29 is 13.0 Å². The van der Waals surface area contributed by atoms with E-state index in [1.165, 1.54) is 5.19 Å².